The Morgan fingerprint density at radius 2 is 2.00 bits per heavy atom. The van der Waals surface area contributed by atoms with Gasteiger partial charge in [0, 0.05) is 25.0 Å². The molecule has 4 nitrogen and oxygen atoms in total. The van der Waals surface area contributed by atoms with E-state index in [0.29, 0.717) is 23.1 Å². The third-order valence-electron chi connectivity index (χ3n) is 3.69. The van der Waals surface area contributed by atoms with Gasteiger partial charge in [0.15, 0.2) is 0 Å². The molecule has 2 N–H and O–H groups in total. The Balaban J connectivity index is 2.14. The van der Waals surface area contributed by atoms with Gasteiger partial charge >= 0.3 is 6.09 Å². The molecule has 0 aliphatic carbocycles. The average molecular weight is 345 g/mol. The monoisotopic (exact) mass is 344 g/mol. The van der Waals surface area contributed by atoms with E-state index < -0.39 is 5.60 Å². The third kappa shape index (κ3) is 4.28. The zero-order valence-corrected chi connectivity index (χ0v) is 14.6. The molecule has 0 bridgehead atoms. The average Bonchev–Trinajstić information content (AvgIpc) is 2.40. The maximum atomic E-state index is 12.2. The van der Waals surface area contributed by atoms with Crippen LogP contribution in [0.25, 0.3) is 0 Å². The summed E-state index contributed by atoms with van der Waals surface area (Å²) in [6.45, 7) is 6.70. The molecule has 6 heteroatoms. The molecule has 1 aliphatic rings. The van der Waals surface area contributed by atoms with Crippen LogP contribution in [0, 0.1) is 0 Å². The van der Waals surface area contributed by atoms with E-state index in [1.54, 1.807) is 11.0 Å². The SMILES string of the molecule is CC(C)(C)OC(=O)N1CC[C@@H](N)C(c2ccc(Cl)c(Cl)c2)C1. The fraction of sp³-hybridized carbons (Fsp3) is 0.562. The number of nitrogens with two attached hydrogens (primary N) is 1. The van der Waals surface area contributed by atoms with Crippen LogP contribution in [-0.2, 0) is 4.74 Å². The van der Waals surface area contributed by atoms with E-state index in [0.717, 1.165) is 12.0 Å². The van der Waals surface area contributed by atoms with Crippen molar-refractivity contribution in [1.82, 2.24) is 4.90 Å². The number of carbonyl (C=O) groups is 1. The third-order valence-corrected chi connectivity index (χ3v) is 4.43. The van der Waals surface area contributed by atoms with Crippen LogP contribution in [0.3, 0.4) is 0 Å². The van der Waals surface area contributed by atoms with Crippen molar-refractivity contribution in [2.24, 2.45) is 5.73 Å². The van der Waals surface area contributed by atoms with Gasteiger partial charge in [-0.25, -0.2) is 4.79 Å². The molecule has 1 heterocycles. The summed E-state index contributed by atoms with van der Waals surface area (Å²) in [6.07, 6.45) is 0.425. The minimum Gasteiger partial charge on any atom is -0.444 e. The van der Waals surface area contributed by atoms with Gasteiger partial charge in [-0.1, -0.05) is 29.3 Å². The molecule has 1 aliphatic heterocycles. The first-order chi connectivity index (χ1) is 10.2. The van der Waals surface area contributed by atoms with Crippen molar-refractivity contribution in [2.45, 2.75) is 44.8 Å². The molecule has 1 aromatic carbocycles. The Kier molecular flexibility index (Phi) is 5.25. The normalized spacial score (nSPS) is 22.5. The van der Waals surface area contributed by atoms with E-state index in [9.17, 15) is 4.79 Å². The van der Waals surface area contributed by atoms with Gasteiger partial charge in [0.1, 0.15) is 5.60 Å². The summed E-state index contributed by atoms with van der Waals surface area (Å²) in [5.41, 5.74) is 6.73. The van der Waals surface area contributed by atoms with Crippen LogP contribution < -0.4 is 5.73 Å². The molecule has 122 valence electrons. The van der Waals surface area contributed by atoms with Gasteiger partial charge in [-0.05, 0) is 44.9 Å². The molecule has 1 fully saturated rings. The fourth-order valence-electron chi connectivity index (χ4n) is 2.56. The summed E-state index contributed by atoms with van der Waals surface area (Å²) in [7, 11) is 0. The van der Waals surface area contributed by atoms with E-state index in [2.05, 4.69) is 0 Å². The second-order valence-electron chi connectivity index (χ2n) is 6.66. The molecule has 1 aromatic rings. The number of hydrogen-bond acceptors (Lipinski definition) is 3. The number of likely N-dealkylation sites (tertiary alicyclic amines) is 1. The summed E-state index contributed by atoms with van der Waals surface area (Å²) >= 11 is 12.0. The van der Waals surface area contributed by atoms with Crippen LogP contribution in [0.1, 0.15) is 38.7 Å². The summed E-state index contributed by atoms with van der Waals surface area (Å²) in [4.78, 5) is 13.9. The standard InChI is InChI=1S/C16H22Cl2N2O2/c1-16(2,3)22-15(21)20-7-6-14(19)11(9-20)10-4-5-12(17)13(18)8-10/h4-5,8,11,14H,6-7,9,19H2,1-3H3/t11?,14-/m1/s1. The molecule has 0 aromatic heterocycles. The summed E-state index contributed by atoms with van der Waals surface area (Å²) < 4.78 is 5.44. The number of ether oxygens (including phenoxy) is 1. The predicted octanol–water partition coefficient (Wildman–Crippen LogP) is 4.05. The molecular formula is C16H22Cl2N2O2. The molecule has 1 unspecified atom stereocenters. The Hall–Kier alpha value is -0.970. The molecule has 0 spiro atoms. The summed E-state index contributed by atoms with van der Waals surface area (Å²) in [5.74, 6) is 0.0241. The number of benzene rings is 1. The van der Waals surface area contributed by atoms with E-state index in [1.165, 1.54) is 0 Å². The minimum absolute atomic E-state index is 0.0177. The Bertz CT molecular complexity index is 558. The number of carbonyl (C=O) groups excluding carboxylic acids is 1. The fourth-order valence-corrected chi connectivity index (χ4v) is 2.86. The van der Waals surface area contributed by atoms with Crippen LogP contribution in [0.2, 0.25) is 10.0 Å². The highest BCUT2D eigenvalue weighted by atomic mass is 35.5. The molecule has 0 saturated carbocycles. The number of amides is 1. The Morgan fingerprint density at radius 1 is 1.32 bits per heavy atom. The van der Waals surface area contributed by atoms with E-state index in [4.69, 9.17) is 33.7 Å². The lowest BCUT2D eigenvalue weighted by molar-refractivity contribution is 0.0186. The first-order valence-corrected chi connectivity index (χ1v) is 8.11. The summed E-state index contributed by atoms with van der Waals surface area (Å²) in [5, 5.41) is 1.01. The first-order valence-electron chi connectivity index (χ1n) is 7.36. The predicted molar refractivity (Wildman–Crippen MR) is 89.6 cm³/mol. The lowest BCUT2D eigenvalue weighted by Crippen LogP contribution is -2.49. The lowest BCUT2D eigenvalue weighted by Gasteiger charge is -2.37. The van der Waals surface area contributed by atoms with Crippen LogP contribution in [0.5, 0.6) is 0 Å². The Morgan fingerprint density at radius 3 is 2.59 bits per heavy atom. The van der Waals surface area contributed by atoms with E-state index >= 15 is 0 Å². The van der Waals surface area contributed by atoms with Crippen molar-refractivity contribution in [3.63, 3.8) is 0 Å². The summed E-state index contributed by atoms with van der Waals surface area (Å²) in [6, 6.07) is 5.49. The van der Waals surface area contributed by atoms with Crippen molar-refractivity contribution >= 4 is 29.3 Å². The number of hydrogen-bond donors (Lipinski definition) is 1. The topological polar surface area (TPSA) is 55.6 Å². The number of halogens is 2. The van der Waals surface area contributed by atoms with Gasteiger partial charge in [-0.15, -0.1) is 0 Å². The minimum atomic E-state index is -0.504. The molecule has 0 radical (unpaired) electrons. The number of piperidine rings is 1. The molecule has 2 atom stereocenters. The van der Waals surface area contributed by atoms with Crippen molar-refractivity contribution in [3.8, 4) is 0 Å². The van der Waals surface area contributed by atoms with Crippen molar-refractivity contribution in [2.75, 3.05) is 13.1 Å². The van der Waals surface area contributed by atoms with E-state index in [-0.39, 0.29) is 18.1 Å². The number of nitrogens with zero attached hydrogens (tertiary/aromatic N) is 1. The van der Waals surface area contributed by atoms with Crippen LogP contribution in [0.15, 0.2) is 18.2 Å². The van der Waals surface area contributed by atoms with E-state index in [1.807, 2.05) is 32.9 Å². The molecule has 1 amide bonds. The lowest BCUT2D eigenvalue weighted by atomic mass is 9.87. The maximum absolute atomic E-state index is 12.2. The van der Waals surface area contributed by atoms with Crippen molar-refractivity contribution in [3.05, 3.63) is 33.8 Å². The highest BCUT2D eigenvalue weighted by molar-refractivity contribution is 6.42. The second kappa shape index (κ2) is 6.65. The highest BCUT2D eigenvalue weighted by Gasteiger charge is 2.32. The zero-order chi connectivity index (χ0) is 16.5. The van der Waals surface area contributed by atoms with Gasteiger partial charge < -0.3 is 15.4 Å². The van der Waals surface area contributed by atoms with Gasteiger partial charge in [0.05, 0.1) is 10.0 Å². The van der Waals surface area contributed by atoms with Gasteiger partial charge in [0.2, 0.25) is 0 Å². The van der Waals surface area contributed by atoms with Crippen LogP contribution in [-0.4, -0.2) is 35.7 Å². The molecule has 1 saturated heterocycles. The largest absolute Gasteiger partial charge is 0.444 e. The van der Waals surface area contributed by atoms with Crippen molar-refractivity contribution in [1.29, 1.82) is 0 Å². The Labute approximate surface area is 141 Å². The van der Waals surface area contributed by atoms with Gasteiger partial charge in [0.25, 0.3) is 0 Å². The molecule has 22 heavy (non-hydrogen) atoms. The molecular weight excluding hydrogens is 323 g/mol. The molecule has 2 rings (SSSR count). The van der Waals surface area contributed by atoms with Crippen LogP contribution in [0.4, 0.5) is 4.79 Å². The van der Waals surface area contributed by atoms with Gasteiger partial charge in [-0.3, -0.25) is 0 Å². The van der Waals surface area contributed by atoms with Crippen LogP contribution >= 0.6 is 23.2 Å². The quantitative estimate of drug-likeness (QED) is 0.836. The first kappa shape index (κ1) is 17.4. The van der Waals surface area contributed by atoms with Gasteiger partial charge in [-0.2, -0.15) is 0 Å². The smallest absolute Gasteiger partial charge is 0.410 e. The second-order valence-corrected chi connectivity index (χ2v) is 7.47. The zero-order valence-electron chi connectivity index (χ0n) is 13.1. The number of rotatable bonds is 1. The van der Waals surface area contributed by atoms with Crippen molar-refractivity contribution < 1.29 is 9.53 Å². The maximum Gasteiger partial charge on any atom is 0.410 e. The highest BCUT2D eigenvalue weighted by Crippen LogP contribution is 2.31.